The summed E-state index contributed by atoms with van der Waals surface area (Å²) in [6, 6.07) is 10.7. The van der Waals surface area contributed by atoms with E-state index in [1.807, 2.05) is 25.1 Å². The third kappa shape index (κ3) is 5.65. The van der Waals surface area contributed by atoms with Crippen molar-refractivity contribution in [3.05, 3.63) is 63.2 Å². The maximum atomic E-state index is 13.4. The fourth-order valence-corrected chi connectivity index (χ4v) is 4.53. The highest BCUT2D eigenvalue weighted by Gasteiger charge is 2.22. The number of hydrogen-bond donors (Lipinski definition) is 0. The number of benzene rings is 2. The van der Waals surface area contributed by atoms with E-state index in [-0.39, 0.29) is 28.9 Å². The van der Waals surface area contributed by atoms with E-state index in [9.17, 15) is 9.59 Å². The Labute approximate surface area is 208 Å². The van der Waals surface area contributed by atoms with Crippen molar-refractivity contribution in [1.29, 1.82) is 0 Å². The molecule has 1 aromatic heterocycles. The van der Waals surface area contributed by atoms with Crippen LogP contribution in [0.4, 0.5) is 0 Å². The van der Waals surface area contributed by atoms with Gasteiger partial charge in [0.05, 0.1) is 35.9 Å². The third-order valence-electron chi connectivity index (χ3n) is 5.97. The first kappa shape index (κ1) is 24.7. The standard InChI is InChI=1S/C26H28ClN3O5/c1-3-34-22-14-17(13-20(27)24(22)35-16-23(31)33-2)15-28-30-25(18-9-5-4-6-10-18)29-21-12-8-7-11-19(21)26(30)32/h7-8,11-15,18H,3-6,9-10,16H2,1-2H3. The molecule has 0 N–H and O–H groups in total. The van der Waals surface area contributed by atoms with Gasteiger partial charge in [-0.05, 0) is 49.6 Å². The molecule has 2 aromatic carbocycles. The highest BCUT2D eigenvalue weighted by Crippen LogP contribution is 2.36. The molecule has 8 nitrogen and oxygen atoms in total. The molecule has 0 saturated heterocycles. The predicted octanol–water partition coefficient (Wildman–Crippen LogP) is 4.93. The van der Waals surface area contributed by atoms with E-state index in [0.717, 1.165) is 25.7 Å². The SMILES string of the molecule is CCOc1cc(C=Nn2c(C3CCCCC3)nc3ccccc3c2=O)cc(Cl)c1OCC(=O)OC. The van der Waals surface area contributed by atoms with Gasteiger partial charge in [0.1, 0.15) is 5.82 Å². The van der Waals surface area contributed by atoms with Crippen molar-refractivity contribution in [1.82, 2.24) is 9.66 Å². The monoisotopic (exact) mass is 497 g/mol. The van der Waals surface area contributed by atoms with Crippen molar-refractivity contribution < 1.29 is 19.0 Å². The number of aromatic nitrogens is 2. The lowest BCUT2D eigenvalue weighted by Crippen LogP contribution is -2.25. The molecule has 0 amide bonds. The first-order valence-corrected chi connectivity index (χ1v) is 12.1. The van der Waals surface area contributed by atoms with Gasteiger partial charge in [-0.15, -0.1) is 0 Å². The number of nitrogens with zero attached hydrogens (tertiary/aromatic N) is 3. The number of ether oxygens (including phenoxy) is 3. The van der Waals surface area contributed by atoms with Crippen LogP contribution in [0, 0.1) is 0 Å². The minimum Gasteiger partial charge on any atom is -0.490 e. The maximum Gasteiger partial charge on any atom is 0.343 e. The Morgan fingerprint density at radius 1 is 1.20 bits per heavy atom. The van der Waals surface area contributed by atoms with Gasteiger partial charge in [0.25, 0.3) is 5.56 Å². The minimum atomic E-state index is -0.535. The van der Waals surface area contributed by atoms with Gasteiger partial charge in [-0.3, -0.25) is 4.79 Å². The number of carbonyl (C=O) groups excluding carboxylic acids is 1. The van der Waals surface area contributed by atoms with Crippen molar-refractivity contribution in [2.24, 2.45) is 5.10 Å². The molecule has 3 aromatic rings. The topological polar surface area (TPSA) is 92.0 Å². The summed E-state index contributed by atoms with van der Waals surface area (Å²) < 4.78 is 17.2. The Balaban J connectivity index is 1.74. The van der Waals surface area contributed by atoms with Crippen LogP contribution >= 0.6 is 11.6 Å². The van der Waals surface area contributed by atoms with Crippen LogP contribution < -0.4 is 15.0 Å². The first-order valence-electron chi connectivity index (χ1n) is 11.7. The summed E-state index contributed by atoms with van der Waals surface area (Å²) in [6.45, 7) is 1.90. The Morgan fingerprint density at radius 3 is 2.71 bits per heavy atom. The van der Waals surface area contributed by atoms with E-state index in [1.54, 1.807) is 24.4 Å². The van der Waals surface area contributed by atoms with Crippen LogP contribution in [0.3, 0.4) is 0 Å². The van der Waals surface area contributed by atoms with Gasteiger partial charge >= 0.3 is 5.97 Å². The van der Waals surface area contributed by atoms with Gasteiger partial charge < -0.3 is 14.2 Å². The molecular formula is C26H28ClN3O5. The van der Waals surface area contributed by atoms with Crippen LogP contribution in [0.1, 0.15) is 56.3 Å². The van der Waals surface area contributed by atoms with Crippen LogP contribution in [0.5, 0.6) is 11.5 Å². The van der Waals surface area contributed by atoms with Gasteiger partial charge in [0.2, 0.25) is 0 Å². The Hall–Kier alpha value is -3.39. The zero-order valence-corrected chi connectivity index (χ0v) is 20.6. The van der Waals surface area contributed by atoms with Gasteiger partial charge in [-0.1, -0.05) is 43.0 Å². The summed E-state index contributed by atoms with van der Waals surface area (Å²) in [7, 11) is 1.28. The lowest BCUT2D eigenvalue weighted by molar-refractivity contribution is -0.142. The molecule has 9 heteroatoms. The number of halogens is 1. The lowest BCUT2D eigenvalue weighted by Gasteiger charge is -2.22. The molecular weight excluding hydrogens is 470 g/mol. The quantitative estimate of drug-likeness (QED) is 0.323. The van der Waals surface area contributed by atoms with Crippen LogP contribution in [-0.2, 0) is 9.53 Å². The number of hydrogen-bond acceptors (Lipinski definition) is 7. The smallest absolute Gasteiger partial charge is 0.343 e. The molecule has 0 bridgehead atoms. The van der Waals surface area contributed by atoms with Crippen molar-refractivity contribution >= 4 is 34.7 Å². The molecule has 1 aliphatic carbocycles. The molecule has 35 heavy (non-hydrogen) atoms. The van der Waals surface area contributed by atoms with E-state index in [2.05, 4.69) is 9.84 Å². The molecule has 0 aliphatic heterocycles. The number of rotatable bonds is 8. The van der Waals surface area contributed by atoms with Crippen LogP contribution in [-0.4, -0.2) is 42.2 Å². The molecule has 0 radical (unpaired) electrons. The van der Waals surface area contributed by atoms with E-state index in [1.165, 1.54) is 18.2 Å². The predicted molar refractivity (Wildman–Crippen MR) is 135 cm³/mol. The summed E-state index contributed by atoms with van der Waals surface area (Å²) in [6.07, 6.45) is 6.93. The Bertz CT molecular complexity index is 1300. The van der Waals surface area contributed by atoms with E-state index < -0.39 is 5.97 Å². The van der Waals surface area contributed by atoms with E-state index in [0.29, 0.717) is 34.6 Å². The fourth-order valence-electron chi connectivity index (χ4n) is 4.26. The first-order chi connectivity index (χ1) is 17.0. The summed E-state index contributed by atoms with van der Waals surface area (Å²) in [5.41, 5.74) is 1.08. The highest BCUT2D eigenvalue weighted by molar-refractivity contribution is 6.32. The van der Waals surface area contributed by atoms with Gasteiger partial charge in [-0.2, -0.15) is 9.78 Å². The zero-order chi connectivity index (χ0) is 24.8. The molecule has 184 valence electrons. The number of methoxy groups -OCH3 is 1. The molecule has 0 atom stereocenters. The van der Waals surface area contributed by atoms with Crippen molar-refractivity contribution in [3.8, 4) is 11.5 Å². The third-order valence-corrected chi connectivity index (χ3v) is 6.25. The van der Waals surface area contributed by atoms with Crippen molar-refractivity contribution in [3.63, 3.8) is 0 Å². The normalized spacial score (nSPS) is 14.4. The Kier molecular flexibility index (Phi) is 8.02. The Morgan fingerprint density at radius 2 is 1.97 bits per heavy atom. The number of fused-ring (bicyclic) bond motifs is 1. The number of carbonyl (C=O) groups is 1. The second-order valence-corrected chi connectivity index (χ2v) is 8.72. The van der Waals surface area contributed by atoms with Crippen molar-refractivity contribution in [2.75, 3.05) is 20.3 Å². The van der Waals surface area contributed by atoms with Crippen LogP contribution in [0.15, 0.2) is 46.3 Å². The maximum absolute atomic E-state index is 13.4. The van der Waals surface area contributed by atoms with Crippen LogP contribution in [0.25, 0.3) is 10.9 Å². The molecule has 1 heterocycles. The van der Waals surface area contributed by atoms with Gasteiger partial charge in [-0.25, -0.2) is 9.78 Å². The van der Waals surface area contributed by atoms with E-state index in [4.69, 9.17) is 26.1 Å². The molecule has 0 unspecified atom stereocenters. The molecule has 1 fully saturated rings. The van der Waals surface area contributed by atoms with Crippen LogP contribution in [0.2, 0.25) is 5.02 Å². The minimum absolute atomic E-state index is 0.176. The zero-order valence-electron chi connectivity index (χ0n) is 19.8. The highest BCUT2D eigenvalue weighted by atomic mass is 35.5. The molecule has 1 saturated carbocycles. The number of para-hydroxylation sites is 1. The second-order valence-electron chi connectivity index (χ2n) is 8.31. The second kappa shape index (κ2) is 11.4. The van der Waals surface area contributed by atoms with Gasteiger partial charge in [0.15, 0.2) is 18.1 Å². The van der Waals surface area contributed by atoms with Crippen molar-refractivity contribution in [2.45, 2.75) is 44.9 Å². The van der Waals surface area contributed by atoms with E-state index >= 15 is 0 Å². The lowest BCUT2D eigenvalue weighted by atomic mass is 9.88. The summed E-state index contributed by atoms with van der Waals surface area (Å²) >= 11 is 6.44. The molecule has 4 rings (SSSR count). The molecule has 1 aliphatic rings. The average molecular weight is 498 g/mol. The summed E-state index contributed by atoms with van der Waals surface area (Å²) in [5, 5.41) is 5.31. The fraction of sp³-hybridized carbons (Fsp3) is 0.385. The molecule has 0 spiro atoms. The largest absolute Gasteiger partial charge is 0.490 e. The van der Waals surface area contributed by atoms with Gasteiger partial charge in [0, 0.05) is 5.92 Å². The average Bonchev–Trinajstić information content (AvgIpc) is 2.88. The number of esters is 1. The summed E-state index contributed by atoms with van der Waals surface area (Å²) in [4.78, 5) is 29.7. The summed E-state index contributed by atoms with van der Waals surface area (Å²) in [5.74, 6) is 0.923.